The van der Waals surface area contributed by atoms with Gasteiger partial charge in [0.05, 0.1) is 18.8 Å². The van der Waals surface area contributed by atoms with Crippen LogP contribution in [0.25, 0.3) is 6.08 Å². The van der Waals surface area contributed by atoms with Crippen LogP contribution in [0, 0.1) is 25.2 Å². The van der Waals surface area contributed by atoms with Gasteiger partial charge in [-0.1, -0.05) is 29.9 Å². The molecule has 1 aromatic carbocycles. The van der Waals surface area contributed by atoms with Gasteiger partial charge in [0.15, 0.2) is 0 Å². The van der Waals surface area contributed by atoms with Crippen molar-refractivity contribution < 1.29 is 9.64 Å². The van der Waals surface area contributed by atoms with Crippen LogP contribution in [-0.4, -0.2) is 31.3 Å². The second-order valence-corrected chi connectivity index (χ2v) is 6.15. The van der Waals surface area contributed by atoms with Gasteiger partial charge in [0, 0.05) is 5.56 Å². The first-order chi connectivity index (χ1) is 10.5. The molecule has 0 saturated carbocycles. The number of rotatable bonds is 4. The van der Waals surface area contributed by atoms with Gasteiger partial charge in [-0.3, -0.25) is 0 Å². The van der Waals surface area contributed by atoms with Crippen LogP contribution < -0.4 is 10.6 Å². The van der Waals surface area contributed by atoms with Gasteiger partial charge in [0.2, 0.25) is 0 Å². The van der Waals surface area contributed by atoms with Gasteiger partial charge in [-0.2, -0.15) is 5.26 Å². The van der Waals surface area contributed by atoms with Crippen molar-refractivity contribution in [2.45, 2.75) is 20.4 Å². The van der Waals surface area contributed by atoms with Crippen LogP contribution in [0.1, 0.15) is 22.3 Å². The number of benzene rings is 1. The minimum Gasteiger partial charge on any atom is -0.389 e. The lowest BCUT2D eigenvalue weighted by molar-refractivity contribution is -0.921. The normalized spacial score (nSPS) is 16.3. The van der Waals surface area contributed by atoms with Crippen molar-refractivity contribution in [2.75, 3.05) is 26.3 Å². The van der Waals surface area contributed by atoms with E-state index in [9.17, 15) is 0 Å². The highest BCUT2D eigenvalue weighted by Crippen LogP contribution is 2.19. The topological polar surface area (TPSA) is 63.5 Å². The zero-order valence-electron chi connectivity index (χ0n) is 13.1. The molecular weight excluding hydrogens is 294 g/mol. The lowest BCUT2D eigenvalue weighted by Crippen LogP contribution is -3.12. The average Bonchev–Trinajstić information content (AvgIpc) is 2.49. The zero-order chi connectivity index (χ0) is 16.1. The predicted molar refractivity (Wildman–Crippen MR) is 91.5 cm³/mol. The third kappa shape index (κ3) is 4.14. The van der Waals surface area contributed by atoms with E-state index in [-0.39, 0.29) is 4.99 Å². The highest BCUT2D eigenvalue weighted by atomic mass is 32.1. The Kier molecular flexibility index (Phi) is 5.67. The largest absolute Gasteiger partial charge is 0.389 e. The van der Waals surface area contributed by atoms with Crippen LogP contribution >= 0.6 is 12.2 Å². The first-order valence-electron chi connectivity index (χ1n) is 7.44. The molecule has 0 atom stereocenters. The number of quaternary nitrogens is 1. The molecule has 5 heteroatoms. The van der Waals surface area contributed by atoms with Crippen molar-refractivity contribution in [1.82, 2.24) is 0 Å². The van der Waals surface area contributed by atoms with E-state index in [4.69, 9.17) is 28.0 Å². The minimum atomic E-state index is 0.142. The molecule has 4 nitrogen and oxygen atoms in total. The molecule has 1 aliphatic heterocycles. The highest BCUT2D eigenvalue weighted by Gasteiger charge is 2.16. The van der Waals surface area contributed by atoms with Crippen LogP contribution in [0.3, 0.4) is 0 Å². The van der Waals surface area contributed by atoms with Gasteiger partial charge in [-0.05, 0) is 31.1 Å². The summed E-state index contributed by atoms with van der Waals surface area (Å²) in [6.45, 7) is 8.87. The molecule has 0 spiro atoms. The van der Waals surface area contributed by atoms with E-state index >= 15 is 0 Å². The predicted octanol–water partition coefficient (Wildman–Crippen LogP) is 0.912. The maximum absolute atomic E-state index is 9.14. The molecule has 0 unspecified atom stereocenters. The first kappa shape index (κ1) is 16.6. The molecule has 22 heavy (non-hydrogen) atoms. The number of nitriles is 1. The van der Waals surface area contributed by atoms with Crippen molar-refractivity contribution >= 4 is 23.3 Å². The molecule has 1 heterocycles. The molecule has 0 radical (unpaired) electrons. The number of nitrogens with zero attached hydrogens (tertiary/aromatic N) is 1. The van der Waals surface area contributed by atoms with E-state index in [1.54, 1.807) is 6.08 Å². The summed E-state index contributed by atoms with van der Waals surface area (Å²) in [7, 11) is 0. The Hall–Kier alpha value is -1.74. The summed E-state index contributed by atoms with van der Waals surface area (Å²) >= 11 is 4.92. The van der Waals surface area contributed by atoms with Crippen LogP contribution in [-0.2, 0) is 11.3 Å². The number of nitrogens with one attached hydrogen (secondary N) is 1. The molecule has 0 aliphatic carbocycles. The summed E-state index contributed by atoms with van der Waals surface area (Å²) in [5.74, 6) is 0. The Bertz CT molecular complexity index is 640. The monoisotopic (exact) mass is 316 g/mol. The highest BCUT2D eigenvalue weighted by molar-refractivity contribution is 7.80. The zero-order valence-corrected chi connectivity index (χ0v) is 13.9. The second-order valence-electron chi connectivity index (χ2n) is 5.71. The van der Waals surface area contributed by atoms with Crippen LogP contribution in [0.4, 0.5) is 0 Å². The molecule has 1 saturated heterocycles. The Morgan fingerprint density at radius 3 is 2.68 bits per heavy atom. The summed E-state index contributed by atoms with van der Waals surface area (Å²) in [6, 6.07) is 6.37. The molecule has 3 N–H and O–H groups in total. The summed E-state index contributed by atoms with van der Waals surface area (Å²) in [6.07, 6.45) is 1.79. The summed E-state index contributed by atoms with van der Waals surface area (Å²) in [5, 5.41) is 9.14. The van der Waals surface area contributed by atoms with Crippen molar-refractivity contribution in [3.63, 3.8) is 0 Å². The van der Waals surface area contributed by atoms with E-state index in [0.717, 1.165) is 38.4 Å². The molecular formula is C17H22N3OS+. The van der Waals surface area contributed by atoms with Gasteiger partial charge in [-0.25, -0.2) is 0 Å². The average molecular weight is 316 g/mol. The van der Waals surface area contributed by atoms with E-state index in [1.807, 2.05) is 0 Å². The van der Waals surface area contributed by atoms with Crippen molar-refractivity contribution in [3.8, 4) is 6.07 Å². The standard InChI is InChI=1S/C17H21N3OS/c1-12-7-14(9-15(10-18)17(19)22)13(2)16(8-12)11-20-3-5-21-6-4-20/h7-9H,3-6,11H2,1-2H3,(H2,19,22)/p+1/b15-9+. The van der Waals surface area contributed by atoms with Gasteiger partial charge in [0.1, 0.15) is 30.7 Å². The fraction of sp³-hybridized carbons (Fsp3) is 0.412. The van der Waals surface area contributed by atoms with E-state index < -0.39 is 0 Å². The quantitative estimate of drug-likeness (QED) is 0.492. The lowest BCUT2D eigenvalue weighted by Gasteiger charge is -2.25. The maximum Gasteiger partial charge on any atom is 0.114 e. The van der Waals surface area contributed by atoms with Gasteiger partial charge >= 0.3 is 0 Å². The summed E-state index contributed by atoms with van der Waals surface area (Å²) in [5.41, 5.74) is 10.6. The maximum atomic E-state index is 9.14. The second kappa shape index (κ2) is 7.50. The fourth-order valence-corrected chi connectivity index (χ4v) is 2.82. The summed E-state index contributed by atoms with van der Waals surface area (Å²) < 4.78 is 5.41. The first-order valence-corrected chi connectivity index (χ1v) is 7.85. The number of aryl methyl sites for hydroxylation is 1. The molecule has 1 aliphatic rings. The molecule has 0 amide bonds. The third-order valence-corrected chi connectivity index (χ3v) is 4.25. The minimum absolute atomic E-state index is 0.142. The van der Waals surface area contributed by atoms with Crippen molar-refractivity contribution in [1.29, 1.82) is 5.26 Å². The number of thiocarbonyl (C=S) groups is 1. The molecule has 2 rings (SSSR count). The number of morpholine rings is 1. The fourth-order valence-electron chi connectivity index (χ4n) is 2.72. The Balaban J connectivity index is 2.32. The van der Waals surface area contributed by atoms with Gasteiger partial charge < -0.3 is 15.4 Å². The molecule has 1 aromatic rings. The Morgan fingerprint density at radius 1 is 1.41 bits per heavy atom. The van der Waals surface area contributed by atoms with Crippen molar-refractivity contribution in [3.05, 3.63) is 40.0 Å². The Morgan fingerprint density at radius 2 is 2.09 bits per heavy atom. The molecule has 116 valence electrons. The molecule has 0 bridgehead atoms. The number of ether oxygens (including phenoxy) is 1. The lowest BCUT2D eigenvalue weighted by atomic mass is 9.97. The molecule has 1 fully saturated rings. The van der Waals surface area contributed by atoms with Gasteiger partial charge in [0.25, 0.3) is 0 Å². The van der Waals surface area contributed by atoms with Crippen molar-refractivity contribution in [2.24, 2.45) is 5.73 Å². The van der Waals surface area contributed by atoms with Crippen LogP contribution in [0.5, 0.6) is 0 Å². The Labute approximate surface area is 137 Å². The summed E-state index contributed by atoms with van der Waals surface area (Å²) in [4.78, 5) is 1.67. The van der Waals surface area contributed by atoms with E-state index in [1.165, 1.54) is 21.6 Å². The van der Waals surface area contributed by atoms with Crippen LogP contribution in [0.15, 0.2) is 17.7 Å². The number of nitrogens with two attached hydrogens (primary N) is 1. The van der Waals surface area contributed by atoms with Gasteiger partial charge in [-0.15, -0.1) is 0 Å². The number of hydrogen-bond acceptors (Lipinski definition) is 3. The number of hydrogen-bond donors (Lipinski definition) is 2. The molecule has 0 aromatic heterocycles. The van der Waals surface area contributed by atoms with Crippen LogP contribution in [0.2, 0.25) is 0 Å². The smallest absolute Gasteiger partial charge is 0.114 e. The third-order valence-electron chi connectivity index (χ3n) is 4.03. The SMILES string of the molecule is Cc1cc(/C=C(\C#N)C(N)=S)c(C)c(C[NH+]2CCOCC2)c1. The van der Waals surface area contributed by atoms with E-state index in [0.29, 0.717) is 5.57 Å². The van der Waals surface area contributed by atoms with E-state index in [2.05, 4.69) is 32.0 Å².